The van der Waals surface area contributed by atoms with Crippen molar-refractivity contribution in [2.75, 3.05) is 7.05 Å². The Labute approximate surface area is 101 Å². The van der Waals surface area contributed by atoms with Crippen LogP contribution in [-0.4, -0.2) is 19.3 Å². The molecule has 1 rings (SSSR count). The number of amides is 1. The second kappa shape index (κ2) is 5.27. The lowest BCUT2D eigenvalue weighted by Crippen LogP contribution is -2.22. The molecule has 0 aromatic heterocycles. The third-order valence-corrected chi connectivity index (χ3v) is 2.31. The maximum atomic E-state index is 12.0. The highest BCUT2D eigenvalue weighted by Gasteiger charge is 2.31. The van der Waals surface area contributed by atoms with Gasteiger partial charge in [-0.25, -0.2) is 0 Å². The molecule has 0 fully saturated rings. The Kier molecular flexibility index (Phi) is 4.22. The van der Waals surface area contributed by atoms with Crippen molar-refractivity contribution in [3.63, 3.8) is 0 Å². The van der Waals surface area contributed by atoms with E-state index < -0.39 is 23.4 Å². The fourth-order valence-corrected chi connectivity index (χ4v) is 1.39. The first-order valence-electron chi connectivity index (χ1n) is 4.55. The lowest BCUT2D eigenvalue weighted by Gasteiger charge is -2.12. The molecule has 0 bridgehead atoms. The van der Waals surface area contributed by atoms with Gasteiger partial charge in [0.05, 0.1) is 0 Å². The van der Waals surface area contributed by atoms with Crippen LogP contribution in [0.1, 0.15) is 10.9 Å². The summed E-state index contributed by atoms with van der Waals surface area (Å²) < 4.78 is 39.6. The fraction of sp³-hybridized carbons (Fsp3) is 0.300. The number of halogens is 4. The van der Waals surface area contributed by atoms with Gasteiger partial charge in [-0.15, -0.1) is 24.8 Å². The Morgan fingerprint density at radius 2 is 2.12 bits per heavy atom. The molecule has 1 amide bonds. The van der Waals surface area contributed by atoms with Gasteiger partial charge in [-0.2, -0.15) is 0 Å². The minimum absolute atomic E-state index is 0.229. The minimum Gasteiger partial charge on any atom is -0.406 e. The molecule has 0 aliphatic carbocycles. The first kappa shape index (κ1) is 13.6. The van der Waals surface area contributed by atoms with Crippen molar-refractivity contribution in [2.45, 2.75) is 11.7 Å². The zero-order valence-corrected chi connectivity index (χ0v) is 9.47. The van der Waals surface area contributed by atoms with E-state index in [9.17, 15) is 18.0 Å². The van der Waals surface area contributed by atoms with E-state index in [0.717, 1.165) is 12.1 Å². The van der Waals surface area contributed by atoms with E-state index >= 15 is 0 Å². The highest BCUT2D eigenvalue weighted by Crippen LogP contribution is 2.27. The molecule has 1 N–H and O–H groups in total. The number of carbonyl (C=O) groups excluding carboxylic acids is 1. The average Bonchev–Trinajstić information content (AvgIpc) is 2.25. The van der Waals surface area contributed by atoms with Crippen molar-refractivity contribution in [1.82, 2.24) is 5.32 Å². The highest BCUT2D eigenvalue weighted by atomic mass is 35.5. The SMILES string of the molecule is CNC(=O)C(Cl)c1cccc(OC(F)(F)F)c1. The Balaban J connectivity index is 2.89. The first-order chi connectivity index (χ1) is 7.83. The lowest BCUT2D eigenvalue weighted by atomic mass is 10.1. The van der Waals surface area contributed by atoms with Crippen LogP contribution in [0.3, 0.4) is 0 Å². The lowest BCUT2D eigenvalue weighted by molar-refractivity contribution is -0.274. The van der Waals surface area contributed by atoms with Crippen molar-refractivity contribution < 1.29 is 22.7 Å². The van der Waals surface area contributed by atoms with Crippen LogP contribution in [0.5, 0.6) is 5.75 Å². The number of ether oxygens (including phenoxy) is 1. The molecule has 1 atom stereocenters. The normalized spacial score (nSPS) is 13.0. The molecule has 0 aliphatic rings. The van der Waals surface area contributed by atoms with Crippen LogP contribution in [-0.2, 0) is 4.79 Å². The van der Waals surface area contributed by atoms with Crippen LogP contribution >= 0.6 is 11.6 Å². The third-order valence-electron chi connectivity index (χ3n) is 1.86. The summed E-state index contributed by atoms with van der Waals surface area (Å²) in [5.74, 6) is -0.916. The molecule has 0 aliphatic heterocycles. The van der Waals surface area contributed by atoms with E-state index in [1.165, 1.54) is 19.2 Å². The Hall–Kier alpha value is -1.43. The third kappa shape index (κ3) is 4.14. The van der Waals surface area contributed by atoms with Crippen molar-refractivity contribution >= 4 is 17.5 Å². The van der Waals surface area contributed by atoms with E-state index in [1.807, 2.05) is 0 Å². The van der Waals surface area contributed by atoms with E-state index in [1.54, 1.807) is 0 Å². The summed E-state index contributed by atoms with van der Waals surface area (Å²) in [5, 5.41) is 1.24. The quantitative estimate of drug-likeness (QED) is 0.855. The largest absolute Gasteiger partial charge is 0.573 e. The molecule has 0 saturated heterocycles. The zero-order chi connectivity index (χ0) is 13.1. The van der Waals surface area contributed by atoms with Gasteiger partial charge >= 0.3 is 6.36 Å². The Morgan fingerprint density at radius 1 is 1.47 bits per heavy atom. The summed E-state index contributed by atoms with van der Waals surface area (Å²) in [6.45, 7) is 0. The molecule has 1 aromatic carbocycles. The molecule has 0 saturated carbocycles. The predicted octanol–water partition coefficient (Wildman–Crippen LogP) is 2.61. The summed E-state index contributed by atoms with van der Waals surface area (Å²) in [4.78, 5) is 11.2. The molecule has 7 heteroatoms. The molecule has 17 heavy (non-hydrogen) atoms. The summed E-state index contributed by atoms with van der Waals surface area (Å²) in [6, 6.07) is 4.97. The van der Waals surface area contributed by atoms with Gasteiger partial charge < -0.3 is 10.1 Å². The molecule has 3 nitrogen and oxygen atoms in total. The van der Waals surface area contributed by atoms with Crippen molar-refractivity contribution in [3.8, 4) is 5.75 Å². The number of rotatable bonds is 3. The monoisotopic (exact) mass is 267 g/mol. The Morgan fingerprint density at radius 3 is 2.65 bits per heavy atom. The van der Waals surface area contributed by atoms with Gasteiger partial charge in [0.1, 0.15) is 11.1 Å². The highest BCUT2D eigenvalue weighted by molar-refractivity contribution is 6.30. The summed E-state index contributed by atoms with van der Waals surface area (Å²) in [5.41, 5.74) is 0.229. The van der Waals surface area contributed by atoms with Crippen molar-refractivity contribution in [1.29, 1.82) is 0 Å². The van der Waals surface area contributed by atoms with Crippen LogP contribution in [0.25, 0.3) is 0 Å². The smallest absolute Gasteiger partial charge is 0.406 e. The van der Waals surface area contributed by atoms with E-state index in [2.05, 4.69) is 10.1 Å². The molecular weight excluding hydrogens is 259 g/mol. The number of hydrogen-bond donors (Lipinski definition) is 1. The number of carbonyl (C=O) groups is 1. The van der Waals surface area contributed by atoms with Crippen LogP contribution in [0, 0.1) is 0 Å². The Bertz CT molecular complexity index is 409. The second-order valence-corrected chi connectivity index (χ2v) is 3.53. The summed E-state index contributed by atoms with van der Waals surface area (Å²) >= 11 is 5.75. The molecule has 0 heterocycles. The van der Waals surface area contributed by atoms with Gasteiger partial charge in [-0.05, 0) is 17.7 Å². The number of nitrogens with one attached hydrogen (secondary N) is 1. The van der Waals surface area contributed by atoms with Crippen LogP contribution in [0.15, 0.2) is 24.3 Å². The number of benzene rings is 1. The van der Waals surface area contributed by atoms with Gasteiger partial charge in [0.15, 0.2) is 0 Å². The zero-order valence-electron chi connectivity index (χ0n) is 8.72. The predicted molar refractivity (Wildman–Crippen MR) is 55.8 cm³/mol. The summed E-state index contributed by atoms with van der Waals surface area (Å²) in [7, 11) is 1.38. The molecule has 0 spiro atoms. The molecule has 0 radical (unpaired) electrons. The molecule has 1 aromatic rings. The van der Waals surface area contributed by atoms with Crippen LogP contribution in [0.2, 0.25) is 0 Å². The van der Waals surface area contributed by atoms with Gasteiger partial charge in [-0.1, -0.05) is 12.1 Å². The van der Waals surface area contributed by atoms with Gasteiger partial charge in [0.25, 0.3) is 0 Å². The van der Waals surface area contributed by atoms with Crippen molar-refractivity contribution in [3.05, 3.63) is 29.8 Å². The first-order valence-corrected chi connectivity index (χ1v) is 4.98. The maximum absolute atomic E-state index is 12.0. The summed E-state index contributed by atoms with van der Waals surface area (Å²) in [6.07, 6.45) is -4.77. The van der Waals surface area contributed by atoms with E-state index in [4.69, 9.17) is 11.6 Å². The van der Waals surface area contributed by atoms with Gasteiger partial charge in [0.2, 0.25) is 5.91 Å². The maximum Gasteiger partial charge on any atom is 0.573 e. The topological polar surface area (TPSA) is 38.3 Å². The number of hydrogen-bond acceptors (Lipinski definition) is 2. The van der Waals surface area contributed by atoms with E-state index in [0.29, 0.717) is 0 Å². The minimum atomic E-state index is -4.77. The molecule has 1 unspecified atom stereocenters. The average molecular weight is 268 g/mol. The standard InChI is InChI=1S/C10H9ClF3NO2/c1-15-9(16)8(11)6-3-2-4-7(5-6)17-10(12,13)14/h2-5,8H,1H3,(H,15,16). The second-order valence-electron chi connectivity index (χ2n) is 3.10. The molecule has 94 valence electrons. The fourth-order valence-electron chi connectivity index (χ4n) is 1.15. The number of alkyl halides is 4. The molecular formula is C10H9ClF3NO2. The van der Waals surface area contributed by atoms with Crippen LogP contribution < -0.4 is 10.1 Å². The van der Waals surface area contributed by atoms with E-state index in [-0.39, 0.29) is 5.56 Å². The van der Waals surface area contributed by atoms with Crippen LogP contribution in [0.4, 0.5) is 13.2 Å². The van der Waals surface area contributed by atoms with Gasteiger partial charge in [-0.3, -0.25) is 4.79 Å². The number of likely N-dealkylation sites (N-methyl/N-ethyl adjacent to an activating group) is 1. The van der Waals surface area contributed by atoms with Crippen molar-refractivity contribution in [2.24, 2.45) is 0 Å². The van der Waals surface area contributed by atoms with Gasteiger partial charge in [0, 0.05) is 7.05 Å².